The van der Waals surface area contributed by atoms with Gasteiger partial charge in [-0.05, 0) is 56.5 Å². The van der Waals surface area contributed by atoms with Crippen LogP contribution in [-0.4, -0.2) is 4.57 Å². The minimum Gasteiger partial charge on any atom is -0.309 e. The zero-order valence-electron chi connectivity index (χ0n) is 31.9. The molecule has 9 aromatic rings. The third-order valence-corrected chi connectivity index (χ3v) is 15.0. The first-order chi connectivity index (χ1) is 27.3. The van der Waals surface area contributed by atoms with E-state index in [1.807, 2.05) is 60.7 Å². The van der Waals surface area contributed by atoms with E-state index in [0.29, 0.717) is 0 Å². The molecule has 2 nitrogen and oxygen atoms in total. The maximum absolute atomic E-state index is 15.5. The Morgan fingerprint density at radius 3 is 1.55 bits per heavy atom. The largest absolute Gasteiger partial charge is 0.309 e. The van der Waals surface area contributed by atoms with Crippen LogP contribution in [0.1, 0.15) is 48.6 Å². The molecule has 270 valence electrons. The number of benzene rings is 8. The molecule has 0 saturated carbocycles. The molecule has 10 rings (SSSR count). The summed E-state index contributed by atoms with van der Waals surface area (Å²) in [6, 6.07) is 71.3. The number of hydrogen-bond donors (Lipinski definition) is 0. The van der Waals surface area contributed by atoms with Gasteiger partial charge < -0.3 is 9.13 Å². The topological polar surface area (TPSA) is 22.0 Å². The Kier molecular flexibility index (Phi) is 7.93. The fourth-order valence-electron chi connectivity index (χ4n) is 9.21. The van der Waals surface area contributed by atoms with Gasteiger partial charge in [0.05, 0.1) is 22.1 Å². The molecule has 1 unspecified atom stereocenters. The van der Waals surface area contributed by atoms with Gasteiger partial charge in [-0.3, -0.25) is 0 Å². The highest BCUT2D eigenvalue weighted by Gasteiger charge is 2.45. The second kappa shape index (κ2) is 12.9. The summed E-state index contributed by atoms with van der Waals surface area (Å²) in [4.78, 5) is 0. The number of aromatic nitrogens is 1. The Morgan fingerprint density at radius 2 is 0.929 bits per heavy atom. The van der Waals surface area contributed by atoms with Crippen molar-refractivity contribution >= 4 is 44.9 Å². The molecule has 1 aliphatic heterocycles. The summed E-state index contributed by atoms with van der Waals surface area (Å²) in [5.74, 6) is 0. The molecule has 2 heterocycles. The molecular formula is C53H42NOP. The smallest absolute Gasteiger partial charge is 0.171 e. The first-order valence-electron chi connectivity index (χ1n) is 19.5. The molecule has 56 heavy (non-hydrogen) atoms. The minimum atomic E-state index is -3.17. The maximum atomic E-state index is 15.5. The Balaban J connectivity index is 1.23. The molecule has 1 atom stereocenters. The Morgan fingerprint density at radius 1 is 0.446 bits per heavy atom. The summed E-state index contributed by atoms with van der Waals surface area (Å²) in [6.45, 7) is 6.77. The van der Waals surface area contributed by atoms with Gasteiger partial charge in [0.15, 0.2) is 7.14 Å². The average Bonchev–Trinajstić information content (AvgIpc) is 3.60. The number of fused-ring (bicyclic) bond motifs is 5. The van der Waals surface area contributed by atoms with Gasteiger partial charge in [-0.15, -0.1) is 0 Å². The molecule has 3 heteroatoms. The Bertz CT molecular complexity index is 2890. The molecule has 1 aliphatic rings. The van der Waals surface area contributed by atoms with Crippen LogP contribution in [0.4, 0.5) is 0 Å². The van der Waals surface area contributed by atoms with Gasteiger partial charge in [0.1, 0.15) is 0 Å². The highest BCUT2D eigenvalue weighted by Crippen LogP contribution is 2.54. The SMILES string of the molecule is CC(C)(C)c1ccc(-c2ccc(C3(c4ccc(P(=O)(c5ccccc5)c5ccccc5)cc4)c4ccccc4-n4c5ccccc5c5cccc3c54)cc2)cc1. The molecule has 0 fully saturated rings. The minimum absolute atomic E-state index is 0.0953. The zero-order chi connectivity index (χ0) is 38.1. The lowest BCUT2D eigenvalue weighted by Gasteiger charge is -2.42. The molecule has 0 aliphatic carbocycles. The van der Waals surface area contributed by atoms with Crippen molar-refractivity contribution in [2.24, 2.45) is 0 Å². The molecule has 0 bridgehead atoms. The summed E-state index contributed by atoms with van der Waals surface area (Å²) in [7, 11) is -3.17. The Hall–Kier alpha value is -6.21. The van der Waals surface area contributed by atoms with Crippen molar-refractivity contribution in [3.05, 3.63) is 228 Å². The van der Waals surface area contributed by atoms with Crippen molar-refractivity contribution in [2.75, 3.05) is 0 Å². The number of rotatable bonds is 6. The normalized spacial score (nSPS) is 15.2. The fraction of sp³-hybridized carbons (Fsp3) is 0.0943. The van der Waals surface area contributed by atoms with Gasteiger partial charge in [0.2, 0.25) is 0 Å². The van der Waals surface area contributed by atoms with E-state index in [9.17, 15) is 0 Å². The van der Waals surface area contributed by atoms with Gasteiger partial charge in [-0.25, -0.2) is 0 Å². The molecule has 1 aromatic heterocycles. The third-order valence-electron chi connectivity index (χ3n) is 12.0. The van der Waals surface area contributed by atoms with E-state index in [0.717, 1.165) is 21.5 Å². The Labute approximate surface area is 329 Å². The first kappa shape index (κ1) is 34.3. The van der Waals surface area contributed by atoms with Crippen molar-refractivity contribution in [2.45, 2.75) is 31.6 Å². The highest BCUT2D eigenvalue weighted by molar-refractivity contribution is 7.85. The molecule has 0 amide bonds. The summed E-state index contributed by atoms with van der Waals surface area (Å²) >= 11 is 0. The van der Waals surface area contributed by atoms with E-state index in [4.69, 9.17) is 0 Å². The molecule has 0 saturated heterocycles. The van der Waals surface area contributed by atoms with Gasteiger partial charge in [-0.2, -0.15) is 0 Å². The highest BCUT2D eigenvalue weighted by atomic mass is 31.2. The van der Waals surface area contributed by atoms with Crippen LogP contribution in [0, 0.1) is 0 Å². The lowest BCUT2D eigenvalue weighted by Crippen LogP contribution is -2.35. The van der Waals surface area contributed by atoms with Crippen molar-refractivity contribution in [3.63, 3.8) is 0 Å². The van der Waals surface area contributed by atoms with Crippen LogP contribution in [0.5, 0.6) is 0 Å². The third kappa shape index (κ3) is 5.06. The van der Waals surface area contributed by atoms with E-state index >= 15 is 4.57 Å². The van der Waals surface area contributed by atoms with E-state index in [-0.39, 0.29) is 5.41 Å². The quantitative estimate of drug-likeness (QED) is 0.156. The van der Waals surface area contributed by atoms with Crippen LogP contribution in [0.2, 0.25) is 0 Å². The molecule has 0 spiro atoms. The first-order valence-corrected chi connectivity index (χ1v) is 21.2. The molecular weight excluding hydrogens is 698 g/mol. The zero-order valence-corrected chi connectivity index (χ0v) is 32.7. The molecule has 0 N–H and O–H groups in total. The van der Waals surface area contributed by atoms with E-state index in [1.165, 1.54) is 60.9 Å². The molecule has 8 aromatic carbocycles. The van der Waals surface area contributed by atoms with Crippen LogP contribution >= 0.6 is 7.14 Å². The van der Waals surface area contributed by atoms with Gasteiger partial charge in [0.25, 0.3) is 0 Å². The van der Waals surface area contributed by atoms with Gasteiger partial charge >= 0.3 is 0 Å². The number of para-hydroxylation sites is 3. The predicted molar refractivity (Wildman–Crippen MR) is 236 cm³/mol. The van der Waals surface area contributed by atoms with Crippen molar-refractivity contribution in [1.29, 1.82) is 0 Å². The number of nitrogens with zero attached hydrogens (tertiary/aromatic N) is 1. The van der Waals surface area contributed by atoms with E-state index < -0.39 is 12.6 Å². The summed E-state index contributed by atoms with van der Waals surface area (Å²) in [5.41, 5.74) is 11.5. The summed E-state index contributed by atoms with van der Waals surface area (Å²) in [6.07, 6.45) is 0. The van der Waals surface area contributed by atoms with Gasteiger partial charge in [-0.1, -0.05) is 209 Å². The fourth-order valence-corrected chi connectivity index (χ4v) is 11.9. The number of hydrogen-bond acceptors (Lipinski definition) is 1. The van der Waals surface area contributed by atoms with Crippen LogP contribution < -0.4 is 15.9 Å². The molecule has 0 radical (unpaired) electrons. The van der Waals surface area contributed by atoms with Crippen molar-refractivity contribution in [1.82, 2.24) is 4.57 Å². The second-order valence-electron chi connectivity index (χ2n) is 16.1. The van der Waals surface area contributed by atoms with E-state index in [2.05, 4.69) is 165 Å². The van der Waals surface area contributed by atoms with Gasteiger partial charge in [0, 0.05) is 26.7 Å². The maximum Gasteiger partial charge on any atom is 0.171 e. The standard InChI is InChI=1S/C53H42NOP/c1-52(2,3)39-29-25-37(26-30-39)38-27-31-40(32-28-38)53(41-33-35-44(36-34-41)56(55,42-15-6-4-7-16-42)43-17-8-5-9-18-43)47-21-11-13-24-50(47)54-49-23-12-10-19-45(49)46-20-14-22-48(53)51(46)54/h4-36H,1-3H3. The van der Waals surface area contributed by atoms with Crippen LogP contribution in [0.25, 0.3) is 38.6 Å². The van der Waals surface area contributed by atoms with Crippen LogP contribution in [0.3, 0.4) is 0 Å². The second-order valence-corrected chi connectivity index (χ2v) is 18.8. The monoisotopic (exact) mass is 739 g/mol. The van der Waals surface area contributed by atoms with Crippen LogP contribution in [-0.2, 0) is 15.4 Å². The lowest BCUT2D eigenvalue weighted by molar-refractivity contribution is 0.590. The average molecular weight is 740 g/mol. The predicted octanol–water partition coefficient (Wildman–Crippen LogP) is 12.1. The van der Waals surface area contributed by atoms with E-state index in [1.54, 1.807) is 0 Å². The van der Waals surface area contributed by atoms with Crippen molar-refractivity contribution in [3.8, 4) is 16.8 Å². The van der Waals surface area contributed by atoms with Crippen LogP contribution in [0.15, 0.2) is 200 Å². The lowest BCUT2D eigenvalue weighted by atomic mass is 9.63. The summed E-state index contributed by atoms with van der Waals surface area (Å²) in [5, 5.41) is 4.96. The summed E-state index contributed by atoms with van der Waals surface area (Å²) < 4.78 is 18.0. The van der Waals surface area contributed by atoms with Crippen molar-refractivity contribution < 1.29 is 4.57 Å².